The van der Waals surface area contributed by atoms with Crippen LogP contribution in [0.1, 0.15) is 112 Å². The molecule has 0 aromatic heterocycles. The summed E-state index contributed by atoms with van der Waals surface area (Å²) in [6, 6.07) is 54.3. The number of azide groups is 1. The molecule has 15 rings (SSSR count). The second-order valence-electron chi connectivity index (χ2n) is 33.9. The number of esters is 10. The maximum atomic E-state index is 15.9. The molecule has 0 spiro atoms. The van der Waals surface area contributed by atoms with E-state index in [9.17, 15) is 34.3 Å². The molecular weight excluding hydrogens is 2090 g/mol. The lowest BCUT2D eigenvalue weighted by Gasteiger charge is -2.53. The first-order valence-corrected chi connectivity index (χ1v) is 48.4. The Balaban J connectivity index is 0.907. The zero-order valence-corrected chi connectivity index (χ0v) is 83.4. The van der Waals surface area contributed by atoms with Gasteiger partial charge in [0, 0.05) is 29.0 Å². The van der Waals surface area contributed by atoms with Crippen LogP contribution >= 0.6 is 69.6 Å². The van der Waals surface area contributed by atoms with Crippen molar-refractivity contribution in [2.24, 2.45) is 5.11 Å². The summed E-state index contributed by atoms with van der Waals surface area (Å²) >= 11 is 39.5. The second kappa shape index (κ2) is 51.4. The van der Waals surface area contributed by atoms with Gasteiger partial charge in [-0.05, 0) is 91.7 Å². The Labute approximate surface area is 878 Å². The molecule has 42 nitrogen and oxygen atoms in total. The summed E-state index contributed by atoms with van der Waals surface area (Å²) in [4.78, 5) is 197. The second-order valence-corrected chi connectivity index (χ2v) is 38.5. The van der Waals surface area contributed by atoms with Crippen molar-refractivity contribution < 1.29 is 176 Å². The van der Waals surface area contributed by atoms with Crippen LogP contribution in [0.2, 0.25) is 0 Å². The van der Waals surface area contributed by atoms with Gasteiger partial charge in [0.25, 0.3) is 19.4 Å². The molecule has 7 aliphatic heterocycles. The number of ether oxygens (including phenoxy) is 24. The van der Waals surface area contributed by atoms with E-state index in [4.69, 9.17) is 183 Å². The van der Waals surface area contributed by atoms with Crippen molar-refractivity contribution in [1.82, 2.24) is 10.6 Å². The van der Waals surface area contributed by atoms with Gasteiger partial charge in [0.05, 0.1) is 81.0 Å². The quantitative estimate of drug-likeness (QED) is 0.00700. The molecule has 7 saturated heterocycles. The molecule has 48 heteroatoms. The Morgan fingerprint density at radius 2 is 0.638 bits per heavy atom. The van der Waals surface area contributed by atoms with Gasteiger partial charge in [0.2, 0.25) is 0 Å². The molecule has 2 amide bonds. The summed E-state index contributed by atoms with van der Waals surface area (Å²) in [5.41, 5.74) is 8.69. The molecule has 8 aromatic rings. The zero-order chi connectivity index (χ0) is 106. The summed E-state index contributed by atoms with van der Waals surface area (Å²) in [5.74, 6) is -16.4. The van der Waals surface area contributed by atoms with Crippen LogP contribution in [0.25, 0.3) is 10.4 Å². The number of carbonyl (C=O) groups is 13. The summed E-state index contributed by atoms with van der Waals surface area (Å²) in [6.45, 7) is -0.597. The normalized spacial score (nSPS) is 28.6. The number of ketones is 1. The molecule has 2 N–H and O–H groups in total. The Morgan fingerprint density at radius 3 is 0.946 bits per heavy atom. The molecule has 0 bridgehead atoms. The summed E-state index contributed by atoms with van der Waals surface area (Å²) < 4.78 is 150. The van der Waals surface area contributed by atoms with E-state index in [-0.39, 0.29) is 53.0 Å². The van der Waals surface area contributed by atoms with Crippen LogP contribution in [-0.4, -0.2) is 286 Å². The van der Waals surface area contributed by atoms with Gasteiger partial charge in [-0.25, -0.2) is 43.2 Å². The Kier molecular flexibility index (Phi) is 38.2. The molecule has 27 atom stereocenters. The van der Waals surface area contributed by atoms with Gasteiger partial charge in [-0.15, -0.1) is 0 Å². The number of hydrogen-bond donors (Lipinski definition) is 2. The van der Waals surface area contributed by atoms with Crippen LogP contribution in [0.5, 0.6) is 0 Å². The topological polar surface area (TPSA) is 516 Å². The molecule has 8 aromatic carbocycles. The number of nitrogens with zero attached hydrogens (tertiary/aromatic N) is 3. The lowest BCUT2D eigenvalue weighted by Crippen LogP contribution is -2.73. The van der Waals surface area contributed by atoms with E-state index in [0.717, 1.165) is 21.3 Å². The van der Waals surface area contributed by atoms with Crippen LogP contribution in [0.3, 0.4) is 0 Å². The predicted molar refractivity (Wildman–Crippen MR) is 512 cm³/mol. The number of nitrogens with one attached hydrogen (secondary N) is 2. The first kappa shape index (κ1) is 111. The average Bonchev–Trinajstić information content (AvgIpc) is 0.741. The standard InChI is InChI=1S/C101H95Cl6N5O37/c1-52(113)46-47-63(114)134-70-73(135-82(115)53-30-13-5-14-31-53)80(139-86(119)57-38-21-9-22-39-57)96(148-76(70)88(121)126-2)143-68-65(111-99(125)101(105,106)107)94(133-62-51-131-91(141-66(62)68)59-42-25-11-26-43-59)146-72-75(137-84(117)55-34-17-7-18-35-55)81(140-87(120)58-40-23-10-24-41-58)97(149-78(72)90(123)128-4)144-69-64(110-98(124)100(102,103)104)93(132-61-50-130-92(142-67(61)69)60-44-27-12-28-45-60)145-71-74(136-83(116)54-32-15-6-16-33-54)79(138-85(118)56-36-19-8-20-37-56)95(129-49-29-48-109-112-108)147-77(71)89(122)127-3/h5-28,30-45,61-62,64-81,91-97H,29,46-51H2,1-4H3,(H,110,124)(H,111,125)/t61-,62-,64-,65-,66-,67-,68-,69-,70+,71+,72+,73+,74+,75+,76+,77+,78+,79-,80-,81-,91-,92-,93+,94+,95-,96-,97-/m1/s1. The minimum atomic E-state index is -3.06. The lowest BCUT2D eigenvalue weighted by molar-refractivity contribution is -0.399. The van der Waals surface area contributed by atoms with E-state index >= 15 is 33.6 Å². The first-order valence-electron chi connectivity index (χ1n) is 46.2. The highest BCUT2D eigenvalue weighted by atomic mass is 35.6. The van der Waals surface area contributed by atoms with E-state index in [1.807, 2.05) is 0 Å². The van der Waals surface area contributed by atoms with Crippen molar-refractivity contribution in [3.05, 3.63) is 298 Å². The number of halogens is 6. The maximum absolute atomic E-state index is 15.9. The fourth-order valence-corrected chi connectivity index (χ4v) is 17.3. The monoisotopic (exact) mass is 2180 g/mol. The van der Waals surface area contributed by atoms with Crippen LogP contribution in [0, 0.1) is 0 Å². The number of Topliss-reactive ketones (excluding diaryl/α,β-unsaturated/α-hetero) is 1. The first-order chi connectivity index (χ1) is 71.8. The molecule has 0 unspecified atom stereocenters. The van der Waals surface area contributed by atoms with Crippen LogP contribution in [0.4, 0.5) is 0 Å². The summed E-state index contributed by atoms with van der Waals surface area (Å²) in [7, 11) is 2.70. The van der Waals surface area contributed by atoms with Crippen molar-refractivity contribution >= 4 is 147 Å². The van der Waals surface area contributed by atoms with Crippen molar-refractivity contribution in [2.45, 2.75) is 200 Å². The summed E-state index contributed by atoms with van der Waals surface area (Å²) in [5, 5.41) is 8.71. The van der Waals surface area contributed by atoms with Gasteiger partial charge in [0.1, 0.15) is 66.7 Å². The number of methoxy groups -OCH3 is 3. The average molecular weight is 2180 g/mol. The van der Waals surface area contributed by atoms with E-state index in [2.05, 4.69) is 20.7 Å². The van der Waals surface area contributed by atoms with Gasteiger partial charge < -0.3 is 129 Å². The summed E-state index contributed by atoms with van der Waals surface area (Å²) in [6.07, 6.45) is -55.5. The third-order valence-electron chi connectivity index (χ3n) is 24.1. The third kappa shape index (κ3) is 27.7. The Morgan fingerprint density at radius 1 is 0.349 bits per heavy atom. The fourth-order valence-electron chi connectivity index (χ4n) is 17.0. The predicted octanol–water partition coefficient (Wildman–Crippen LogP) is 11.0. The zero-order valence-electron chi connectivity index (χ0n) is 78.8. The molecule has 0 aliphatic carbocycles. The SMILES string of the molecule is COC(=O)[C@H]1O[C@@H](O[C@@H]2[C@@H](NC(=O)C(Cl)(Cl)Cl)[C@H](O[C@H]3[C@H](OC(=O)c4ccccc4)[C@@H](OC(=O)c4ccccc4)[C@H](O[C@@H]4[C@@H](NC(=O)C(Cl)(Cl)Cl)[C@H](O[C@H]5[C@H](OC(=O)c6ccccc6)[C@@H](OC(=O)c6ccccc6)[C@H](OCCCN=[N+]=[N-])O[C@@H]5C(=O)OC)O[C@@H]5CO[C@@H](c6ccccc6)O[C@@H]45)O[C@@H]3C(=O)OC)O[C@@H]3CO[C@@H](c4ccccc4)O[C@@H]23)[C@H](OC(=O)c2ccccc2)[C@@H](OC(=O)c2ccccc2)[C@@H]1OC(=O)CCC(C)=O. The number of hydrogen-bond acceptors (Lipinski definition) is 38. The van der Waals surface area contributed by atoms with Crippen molar-refractivity contribution in [3.63, 3.8) is 0 Å². The van der Waals surface area contributed by atoms with Crippen molar-refractivity contribution in [1.29, 1.82) is 0 Å². The number of amides is 2. The van der Waals surface area contributed by atoms with Crippen molar-refractivity contribution in [2.75, 3.05) is 47.7 Å². The highest BCUT2D eigenvalue weighted by Crippen LogP contribution is 2.47. The smallest absolute Gasteiger partial charge is 0.339 e. The molecule has 149 heavy (non-hydrogen) atoms. The number of rotatable bonds is 36. The highest BCUT2D eigenvalue weighted by Gasteiger charge is 2.66. The van der Waals surface area contributed by atoms with E-state index < -0.39 is 277 Å². The van der Waals surface area contributed by atoms with Gasteiger partial charge >= 0.3 is 59.7 Å². The van der Waals surface area contributed by atoms with E-state index in [1.54, 1.807) is 84.9 Å². The van der Waals surface area contributed by atoms with Gasteiger partial charge in [-0.1, -0.05) is 245 Å². The highest BCUT2D eigenvalue weighted by molar-refractivity contribution is 6.76. The molecule has 0 radical (unpaired) electrons. The number of carbonyl (C=O) groups excluding carboxylic acids is 13. The van der Waals surface area contributed by atoms with Gasteiger partial charge in [-0.3, -0.25) is 14.4 Å². The largest absolute Gasteiger partial charge is 0.467 e. The lowest BCUT2D eigenvalue weighted by atomic mass is 9.92. The minimum absolute atomic E-state index is 0.0380. The number of alkyl halides is 6. The maximum Gasteiger partial charge on any atom is 0.339 e. The van der Waals surface area contributed by atoms with E-state index in [1.165, 1.54) is 165 Å². The molecule has 788 valence electrons. The Hall–Kier alpha value is -12.4. The van der Waals surface area contributed by atoms with Gasteiger partial charge in [0.15, 0.2) is 105 Å². The van der Waals surface area contributed by atoms with Gasteiger partial charge in [-0.2, -0.15) is 0 Å². The number of fused-ring (bicyclic) bond motifs is 2. The van der Waals surface area contributed by atoms with Crippen LogP contribution < -0.4 is 10.6 Å². The van der Waals surface area contributed by atoms with Crippen LogP contribution in [-0.2, 0) is 147 Å². The molecular formula is C101H95Cl6N5O37. The van der Waals surface area contributed by atoms with Crippen molar-refractivity contribution in [3.8, 4) is 0 Å². The Bertz CT molecular complexity index is 6030. The fraction of sp³-hybridized carbons (Fsp3) is 0.396. The van der Waals surface area contributed by atoms with Crippen LogP contribution in [0.15, 0.2) is 248 Å². The molecule has 7 aliphatic rings. The van der Waals surface area contributed by atoms with E-state index in [0.29, 0.717) is 11.1 Å². The molecule has 0 saturated carbocycles. The number of benzene rings is 8. The third-order valence-corrected chi connectivity index (χ3v) is 25.1. The molecule has 7 fully saturated rings. The molecule has 7 heterocycles. The minimum Gasteiger partial charge on any atom is -0.467 e.